The summed E-state index contributed by atoms with van der Waals surface area (Å²) in [4.78, 5) is 25.9. The van der Waals surface area contributed by atoms with Gasteiger partial charge in [0.2, 0.25) is 11.6 Å². The van der Waals surface area contributed by atoms with Gasteiger partial charge in [-0.05, 0) is 5.56 Å². The Labute approximate surface area is 170 Å². The first-order valence-electron chi connectivity index (χ1n) is 8.83. The second-order valence-electron chi connectivity index (χ2n) is 6.23. The molecule has 0 aliphatic carbocycles. The Balaban J connectivity index is 1.58. The molecule has 9 nitrogen and oxygen atoms in total. The molecule has 0 saturated carbocycles. The van der Waals surface area contributed by atoms with Gasteiger partial charge in [-0.2, -0.15) is 8.75 Å². The lowest BCUT2D eigenvalue weighted by molar-refractivity contribution is -0.114. The van der Waals surface area contributed by atoms with E-state index in [1.807, 2.05) is 60.7 Å². The third-order valence-corrected chi connectivity index (χ3v) is 4.82. The van der Waals surface area contributed by atoms with Gasteiger partial charge < -0.3 is 5.32 Å². The molecule has 29 heavy (non-hydrogen) atoms. The number of amidine groups is 1. The van der Waals surface area contributed by atoms with Gasteiger partial charge >= 0.3 is 0 Å². The highest BCUT2D eigenvalue weighted by Gasteiger charge is 2.29. The van der Waals surface area contributed by atoms with E-state index in [4.69, 9.17) is 0 Å². The fourth-order valence-electron chi connectivity index (χ4n) is 2.89. The average molecular weight is 407 g/mol. The van der Waals surface area contributed by atoms with E-state index in [2.05, 4.69) is 35.7 Å². The number of benzene rings is 2. The third kappa shape index (κ3) is 4.28. The third-order valence-electron chi connectivity index (χ3n) is 4.29. The zero-order valence-corrected chi connectivity index (χ0v) is 15.9. The molecule has 0 bridgehead atoms. The first-order valence-corrected chi connectivity index (χ1v) is 9.56. The molecule has 0 fully saturated rings. The predicted molar refractivity (Wildman–Crippen MR) is 109 cm³/mol. The summed E-state index contributed by atoms with van der Waals surface area (Å²) in [5.41, 5.74) is 9.97. The minimum absolute atomic E-state index is 0.0888. The van der Waals surface area contributed by atoms with E-state index in [9.17, 15) is 9.59 Å². The van der Waals surface area contributed by atoms with Crippen molar-refractivity contribution in [2.24, 2.45) is 5.10 Å². The molecule has 2 aromatic carbocycles. The van der Waals surface area contributed by atoms with Crippen LogP contribution in [-0.2, 0) is 11.2 Å². The number of carbonyl (C=O) groups excluding carboxylic acids is 2. The van der Waals surface area contributed by atoms with Gasteiger partial charge in [0.25, 0.3) is 5.91 Å². The molecule has 10 heteroatoms. The number of ketones is 1. The van der Waals surface area contributed by atoms with Crippen molar-refractivity contribution in [2.45, 2.75) is 12.5 Å². The van der Waals surface area contributed by atoms with E-state index in [0.29, 0.717) is 12.1 Å². The smallest absolute Gasteiger partial charge is 0.273 e. The molecular weight excluding hydrogens is 390 g/mol. The summed E-state index contributed by atoms with van der Waals surface area (Å²) in [7, 11) is 0. The molecule has 1 aliphatic rings. The summed E-state index contributed by atoms with van der Waals surface area (Å²) < 4.78 is 8.40. The zero-order chi connectivity index (χ0) is 20.1. The monoisotopic (exact) mass is 407 g/mol. The maximum atomic E-state index is 13.0. The minimum atomic E-state index is -0.830. The number of hydrazone groups is 1. The summed E-state index contributed by atoms with van der Waals surface area (Å²) in [6, 6.07) is 17.9. The number of carbonyl (C=O) groups is 2. The summed E-state index contributed by atoms with van der Waals surface area (Å²) in [5.74, 6) is -0.735. The molecule has 1 unspecified atom stereocenters. The number of Topliss-reactive ketones (excluding diaryl/α,β-unsaturated/α-hetero) is 1. The molecule has 3 aromatic rings. The number of hydrogen-bond donors (Lipinski definition) is 4. The van der Waals surface area contributed by atoms with Gasteiger partial charge in [-0.15, -0.1) is 10.6 Å². The van der Waals surface area contributed by atoms with Crippen molar-refractivity contribution in [1.29, 1.82) is 0 Å². The summed E-state index contributed by atoms with van der Waals surface area (Å²) in [6.45, 7) is 0. The Morgan fingerprint density at radius 2 is 1.72 bits per heavy atom. The molecule has 1 amide bonds. The number of hydrazine groups is 2. The standard InChI is InChI=1S/C19H17N7O2S/c27-17(18-21-25-26-22-18)14(11-12-7-3-1-4-8-12)20-19(28)16-15(23-29-24-16)13-9-5-2-6-10-13/h1-10,14,25-26H,11H2,(H,20,28)(H,21,22). The van der Waals surface area contributed by atoms with E-state index in [-0.39, 0.29) is 17.3 Å². The van der Waals surface area contributed by atoms with E-state index in [1.165, 1.54) is 0 Å². The van der Waals surface area contributed by atoms with Gasteiger partial charge in [0.05, 0.1) is 17.8 Å². The van der Waals surface area contributed by atoms with Crippen LogP contribution in [0.5, 0.6) is 0 Å². The second-order valence-corrected chi connectivity index (χ2v) is 6.76. The van der Waals surface area contributed by atoms with Crippen molar-refractivity contribution in [2.75, 3.05) is 0 Å². The largest absolute Gasteiger partial charge is 0.340 e. The predicted octanol–water partition coefficient (Wildman–Crippen LogP) is 1.04. The van der Waals surface area contributed by atoms with Crippen LogP contribution in [0.1, 0.15) is 16.1 Å². The Morgan fingerprint density at radius 3 is 2.41 bits per heavy atom. The van der Waals surface area contributed by atoms with Gasteiger partial charge in [0, 0.05) is 12.0 Å². The quantitative estimate of drug-likeness (QED) is 0.462. The number of aromatic nitrogens is 2. The van der Waals surface area contributed by atoms with Crippen LogP contribution in [0.25, 0.3) is 11.3 Å². The Morgan fingerprint density at radius 1 is 1.00 bits per heavy atom. The molecule has 0 radical (unpaired) electrons. The number of hydrogen-bond acceptors (Lipinski definition) is 9. The van der Waals surface area contributed by atoms with E-state index in [0.717, 1.165) is 22.9 Å². The molecular formula is C19H17N7O2S. The molecule has 1 aromatic heterocycles. The van der Waals surface area contributed by atoms with Gasteiger partial charge in [-0.1, -0.05) is 60.7 Å². The highest BCUT2D eigenvalue weighted by Crippen LogP contribution is 2.21. The van der Waals surface area contributed by atoms with Crippen LogP contribution in [0.4, 0.5) is 0 Å². The Kier molecular flexibility index (Phi) is 5.54. The Bertz CT molecular complexity index is 1040. The fourth-order valence-corrected chi connectivity index (χ4v) is 3.45. The SMILES string of the molecule is O=C(NC(Cc1ccccc1)C(=O)C1=NNNN1)c1nsnc1-c1ccccc1. The topological polar surface area (TPSA) is 120 Å². The molecule has 4 rings (SSSR count). The van der Waals surface area contributed by atoms with Crippen LogP contribution in [0, 0.1) is 0 Å². The molecule has 1 aliphatic heterocycles. The molecule has 4 N–H and O–H groups in total. The average Bonchev–Trinajstić information content (AvgIpc) is 3.46. The fraction of sp³-hybridized carbons (Fsp3) is 0.105. The zero-order valence-electron chi connectivity index (χ0n) is 15.1. The second kappa shape index (κ2) is 8.59. The van der Waals surface area contributed by atoms with Gasteiger partial charge in [-0.3, -0.25) is 15.0 Å². The maximum Gasteiger partial charge on any atom is 0.273 e. The molecule has 0 spiro atoms. The van der Waals surface area contributed by atoms with Gasteiger partial charge in [0.15, 0.2) is 5.69 Å². The first kappa shape index (κ1) is 18.7. The van der Waals surface area contributed by atoms with Crippen molar-refractivity contribution in [3.05, 3.63) is 71.9 Å². The van der Waals surface area contributed by atoms with Crippen molar-refractivity contribution in [1.82, 2.24) is 30.6 Å². The summed E-state index contributed by atoms with van der Waals surface area (Å²) in [6.07, 6.45) is 0.310. The van der Waals surface area contributed by atoms with Crippen LogP contribution in [0.2, 0.25) is 0 Å². The number of rotatable bonds is 7. The minimum Gasteiger partial charge on any atom is -0.340 e. The van der Waals surface area contributed by atoms with Crippen molar-refractivity contribution in [3.63, 3.8) is 0 Å². The number of nitrogens with one attached hydrogen (secondary N) is 4. The van der Waals surface area contributed by atoms with Crippen LogP contribution in [0.3, 0.4) is 0 Å². The van der Waals surface area contributed by atoms with E-state index in [1.54, 1.807) is 0 Å². The lowest BCUT2D eigenvalue weighted by atomic mass is 10.0. The number of amides is 1. The van der Waals surface area contributed by atoms with Crippen molar-refractivity contribution in [3.8, 4) is 11.3 Å². The summed E-state index contributed by atoms with van der Waals surface area (Å²) in [5, 5.41) is 6.65. The number of nitrogens with zero attached hydrogens (tertiary/aromatic N) is 3. The normalized spacial score (nSPS) is 13.7. The first-order chi connectivity index (χ1) is 14.2. The highest BCUT2D eigenvalue weighted by atomic mass is 32.1. The molecule has 2 heterocycles. The van der Waals surface area contributed by atoms with Gasteiger partial charge in [0.1, 0.15) is 5.69 Å². The lowest BCUT2D eigenvalue weighted by Gasteiger charge is -2.17. The van der Waals surface area contributed by atoms with Crippen LogP contribution in [0.15, 0.2) is 65.8 Å². The maximum absolute atomic E-state index is 13.0. The van der Waals surface area contributed by atoms with Gasteiger partial charge in [-0.25, -0.2) is 5.53 Å². The molecule has 146 valence electrons. The summed E-state index contributed by atoms with van der Waals surface area (Å²) >= 11 is 0.952. The molecule has 0 saturated heterocycles. The van der Waals surface area contributed by atoms with Crippen molar-refractivity contribution < 1.29 is 9.59 Å². The van der Waals surface area contributed by atoms with Crippen LogP contribution >= 0.6 is 11.7 Å². The Hall–Kier alpha value is -3.63. The van der Waals surface area contributed by atoms with Crippen molar-refractivity contribution >= 4 is 29.3 Å². The highest BCUT2D eigenvalue weighted by molar-refractivity contribution is 6.99. The van der Waals surface area contributed by atoms with E-state index < -0.39 is 11.9 Å². The molecule has 1 atom stereocenters. The van der Waals surface area contributed by atoms with Crippen LogP contribution < -0.4 is 21.8 Å². The van der Waals surface area contributed by atoms with E-state index >= 15 is 0 Å². The van der Waals surface area contributed by atoms with Crippen LogP contribution in [-0.4, -0.2) is 32.3 Å². The lowest BCUT2D eigenvalue weighted by Crippen LogP contribution is -2.49.